The van der Waals surface area contributed by atoms with Crippen LogP contribution in [-0.2, 0) is 11.0 Å². The Morgan fingerprint density at radius 1 is 1.32 bits per heavy atom. The van der Waals surface area contributed by atoms with Crippen LogP contribution in [0.5, 0.6) is 0 Å². The van der Waals surface area contributed by atoms with Crippen LogP contribution in [-0.4, -0.2) is 33.1 Å². The minimum absolute atomic E-state index is 0.0942. The van der Waals surface area contributed by atoms with E-state index in [1.54, 1.807) is 0 Å². The maximum absolute atomic E-state index is 13.1. The first-order chi connectivity index (χ1) is 10.5. The molecule has 5 nitrogen and oxygen atoms in total. The van der Waals surface area contributed by atoms with Crippen LogP contribution in [0.25, 0.3) is 0 Å². The number of benzene rings is 1. The fourth-order valence-electron chi connectivity index (χ4n) is 2.34. The zero-order valence-corrected chi connectivity index (χ0v) is 12.0. The van der Waals surface area contributed by atoms with E-state index < -0.39 is 17.0 Å². The number of hydrogen-bond donors (Lipinski definition) is 1. The minimum atomic E-state index is -4.49. The summed E-state index contributed by atoms with van der Waals surface area (Å²) in [4.78, 5) is 13.6. The zero-order valence-electron chi connectivity index (χ0n) is 11.2. The van der Waals surface area contributed by atoms with Gasteiger partial charge in [0.25, 0.3) is 0 Å². The number of rotatable bonds is 3. The van der Waals surface area contributed by atoms with E-state index >= 15 is 0 Å². The number of H-pyrrole nitrogens is 1. The van der Waals surface area contributed by atoms with Crippen molar-refractivity contribution in [3.05, 3.63) is 36.0 Å². The maximum atomic E-state index is 13.1. The molecule has 0 aliphatic carbocycles. The summed E-state index contributed by atoms with van der Waals surface area (Å²) in [7, 11) is 0. The number of halogens is 3. The van der Waals surface area contributed by atoms with Gasteiger partial charge in [0.2, 0.25) is 5.91 Å². The Kier molecular flexibility index (Phi) is 3.81. The molecule has 22 heavy (non-hydrogen) atoms. The molecular formula is C13H11F3N4OS. The summed E-state index contributed by atoms with van der Waals surface area (Å²) < 4.78 is 39.2. The molecule has 1 atom stereocenters. The van der Waals surface area contributed by atoms with Crippen molar-refractivity contribution in [1.29, 1.82) is 0 Å². The van der Waals surface area contributed by atoms with Gasteiger partial charge in [0.05, 0.1) is 22.7 Å². The first-order valence-electron chi connectivity index (χ1n) is 6.47. The molecule has 0 spiro atoms. The lowest BCUT2D eigenvalue weighted by Gasteiger charge is -2.21. The summed E-state index contributed by atoms with van der Waals surface area (Å²) in [5.41, 5.74) is -0.890. The molecule has 1 saturated heterocycles. The third-order valence-corrected chi connectivity index (χ3v) is 4.47. The molecule has 2 aromatic rings. The van der Waals surface area contributed by atoms with E-state index in [2.05, 4.69) is 15.4 Å². The predicted octanol–water partition coefficient (Wildman–Crippen LogP) is 2.72. The number of nitrogens with zero attached hydrogens (tertiary/aromatic N) is 3. The van der Waals surface area contributed by atoms with E-state index in [-0.39, 0.29) is 18.1 Å². The molecule has 1 aromatic carbocycles. The van der Waals surface area contributed by atoms with Gasteiger partial charge >= 0.3 is 6.18 Å². The van der Waals surface area contributed by atoms with Crippen LogP contribution in [0.15, 0.2) is 35.5 Å². The highest BCUT2D eigenvalue weighted by atomic mass is 32.2. The predicted molar refractivity (Wildman–Crippen MR) is 74.4 cm³/mol. The van der Waals surface area contributed by atoms with Crippen molar-refractivity contribution in [2.45, 2.75) is 22.9 Å². The van der Waals surface area contributed by atoms with Gasteiger partial charge in [0.1, 0.15) is 5.03 Å². The topological polar surface area (TPSA) is 61.9 Å². The summed E-state index contributed by atoms with van der Waals surface area (Å²) in [6.07, 6.45) is -2.55. The van der Waals surface area contributed by atoms with Crippen molar-refractivity contribution in [3.63, 3.8) is 0 Å². The first kappa shape index (κ1) is 14.9. The van der Waals surface area contributed by atoms with Crippen molar-refractivity contribution in [1.82, 2.24) is 15.4 Å². The van der Waals surface area contributed by atoms with Gasteiger partial charge in [0, 0.05) is 6.54 Å². The van der Waals surface area contributed by atoms with Crippen LogP contribution in [0.1, 0.15) is 12.0 Å². The third kappa shape index (κ3) is 2.80. The van der Waals surface area contributed by atoms with E-state index in [9.17, 15) is 18.0 Å². The summed E-state index contributed by atoms with van der Waals surface area (Å²) in [5.74, 6) is -0.343. The van der Waals surface area contributed by atoms with Crippen LogP contribution in [0.4, 0.5) is 18.9 Å². The Morgan fingerprint density at radius 2 is 2.09 bits per heavy atom. The van der Waals surface area contributed by atoms with Crippen LogP contribution in [0.3, 0.4) is 0 Å². The Labute approximate surface area is 127 Å². The largest absolute Gasteiger partial charge is 0.418 e. The van der Waals surface area contributed by atoms with Gasteiger partial charge in [-0.15, -0.1) is 5.10 Å². The highest BCUT2D eigenvalue weighted by Gasteiger charge is 2.40. The number of aromatic amines is 1. The first-order valence-corrected chi connectivity index (χ1v) is 7.35. The highest BCUT2D eigenvalue weighted by molar-refractivity contribution is 8.00. The Hall–Kier alpha value is -2.03. The van der Waals surface area contributed by atoms with E-state index in [0.29, 0.717) is 11.4 Å². The molecule has 1 aliphatic heterocycles. The Morgan fingerprint density at radius 3 is 2.77 bits per heavy atom. The summed E-state index contributed by atoms with van der Waals surface area (Å²) in [6.45, 7) is 0.251. The SMILES string of the molecule is O=C1C(Sc2cn[nH]n2)CCN1c1ccccc1C(F)(F)F. The molecule has 1 amide bonds. The Bertz CT molecular complexity index is 674. The molecule has 1 unspecified atom stereocenters. The van der Waals surface area contributed by atoms with Crippen molar-refractivity contribution < 1.29 is 18.0 Å². The van der Waals surface area contributed by atoms with Gasteiger partial charge < -0.3 is 4.90 Å². The number of carbonyl (C=O) groups is 1. The van der Waals surface area contributed by atoms with Gasteiger partial charge in [-0.1, -0.05) is 23.9 Å². The molecule has 0 saturated carbocycles. The zero-order chi connectivity index (χ0) is 15.7. The van der Waals surface area contributed by atoms with E-state index in [1.165, 1.54) is 41.1 Å². The van der Waals surface area contributed by atoms with Gasteiger partial charge in [-0.3, -0.25) is 4.79 Å². The fraction of sp³-hybridized carbons (Fsp3) is 0.308. The average Bonchev–Trinajstić information content (AvgIpc) is 3.10. The smallest absolute Gasteiger partial charge is 0.311 e. The van der Waals surface area contributed by atoms with E-state index in [0.717, 1.165) is 6.07 Å². The second kappa shape index (κ2) is 5.64. The van der Waals surface area contributed by atoms with E-state index in [1.807, 2.05) is 0 Å². The number of amides is 1. The van der Waals surface area contributed by atoms with E-state index in [4.69, 9.17) is 0 Å². The molecule has 1 N–H and O–H groups in total. The second-order valence-electron chi connectivity index (χ2n) is 4.71. The quantitative estimate of drug-likeness (QED) is 0.941. The number of hydrogen-bond acceptors (Lipinski definition) is 4. The average molecular weight is 328 g/mol. The molecule has 0 bridgehead atoms. The molecule has 0 radical (unpaired) electrons. The number of carbonyl (C=O) groups excluding carboxylic acids is 1. The van der Waals surface area contributed by atoms with Crippen LogP contribution in [0, 0.1) is 0 Å². The lowest BCUT2D eigenvalue weighted by molar-refractivity contribution is -0.137. The fourth-order valence-corrected chi connectivity index (χ4v) is 3.29. The molecule has 1 fully saturated rings. The van der Waals surface area contributed by atoms with Crippen molar-refractivity contribution in [2.24, 2.45) is 0 Å². The summed E-state index contributed by atoms with van der Waals surface area (Å²) in [5, 5.41) is 10.0. The summed E-state index contributed by atoms with van der Waals surface area (Å²) >= 11 is 1.20. The van der Waals surface area contributed by atoms with Gasteiger partial charge in [-0.2, -0.15) is 23.5 Å². The molecule has 2 heterocycles. The standard InChI is InChI=1S/C13H11F3N4OS/c14-13(15,16)8-3-1-2-4-9(8)20-6-5-10(12(20)21)22-11-7-17-19-18-11/h1-4,7,10H,5-6H2,(H,17,18,19). The van der Waals surface area contributed by atoms with Crippen molar-refractivity contribution in [2.75, 3.05) is 11.4 Å². The number of anilines is 1. The van der Waals surface area contributed by atoms with Gasteiger partial charge in [-0.25, -0.2) is 0 Å². The molecule has 9 heteroatoms. The molecule has 116 valence electrons. The Balaban J connectivity index is 1.84. The lowest BCUT2D eigenvalue weighted by atomic mass is 10.1. The highest BCUT2D eigenvalue weighted by Crippen LogP contribution is 2.39. The number of alkyl halides is 3. The van der Waals surface area contributed by atoms with Crippen LogP contribution < -0.4 is 4.90 Å². The monoisotopic (exact) mass is 328 g/mol. The number of thioether (sulfide) groups is 1. The van der Waals surface area contributed by atoms with Crippen molar-refractivity contribution in [3.8, 4) is 0 Å². The molecule has 3 rings (SSSR count). The number of aromatic nitrogens is 3. The van der Waals surface area contributed by atoms with Crippen molar-refractivity contribution >= 4 is 23.4 Å². The maximum Gasteiger partial charge on any atom is 0.418 e. The van der Waals surface area contributed by atoms with Gasteiger partial charge in [-0.05, 0) is 18.6 Å². The van der Waals surface area contributed by atoms with Crippen LogP contribution >= 0.6 is 11.8 Å². The summed E-state index contributed by atoms with van der Waals surface area (Å²) in [6, 6.07) is 5.12. The normalized spacial score (nSPS) is 19.0. The van der Waals surface area contributed by atoms with Gasteiger partial charge in [0.15, 0.2) is 0 Å². The minimum Gasteiger partial charge on any atom is -0.311 e. The molecular weight excluding hydrogens is 317 g/mol. The van der Waals surface area contributed by atoms with Crippen LogP contribution in [0.2, 0.25) is 0 Å². The lowest BCUT2D eigenvalue weighted by Crippen LogP contribution is -2.30. The second-order valence-corrected chi connectivity index (χ2v) is 5.93. The third-order valence-electron chi connectivity index (χ3n) is 3.31. The number of para-hydroxylation sites is 1. The molecule has 1 aliphatic rings. The number of nitrogens with one attached hydrogen (secondary N) is 1. The molecule has 1 aromatic heterocycles.